The third kappa shape index (κ3) is 5.14. The maximum atomic E-state index is 12.2. The first kappa shape index (κ1) is 19.9. The molecule has 0 bridgehead atoms. The average molecular weight is 406 g/mol. The summed E-state index contributed by atoms with van der Waals surface area (Å²) in [7, 11) is 1.86. The van der Waals surface area contributed by atoms with Gasteiger partial charge in [0.2, 0.25) is 11.8 Å². The number of amides is 2. The molecule has 1 saturated carbocycles. The van der Waals surface area contributed by atoms with Crippen LogP contribution in [0.5, 0.6) is 0 Å². The summed E-state index contributed by atoms with van der Waals surface area (Å²) in [5, 5.41) is 17.3. The van der Waals surface area contributed by atoms with Gasteiger partial charge in [0.15, 0.2) is 0 Å². The quantitative estimate of drug-likeness (QED) is 0.534. The monoisotopic (exact) mass is 406 g/mol. The topological polar surface area (TPSA) is 105 Å². The molecule has 8 heteroatoms. The van der Waals surface area contributed by atoms with Crippen LogP contribution in [0.3, 0.4) is 0 Å². The van der Waals surface area contributed by atoms with E-state index in [0.717, 1.165) is 29.7 Å². The summed E-state index contributed by atoms with van der Waals surface area (Å²) in [5.74, 6) is 0.893. The molecule has 0 unspecified atom stereocenters. The molecule has 30 heavy (non-hydrogen) atoms. The average Bonchev–Trinajstić information content (AvgIpc) is 3.32. The van der Waals surface area contributed by atoms with Gasteiger partial charge in [-0.1, -0.05) is 30.3 Å². The van der Waals surface area contributed by atoms with E-state index in [2.05, 4.69) is 25.9 Å². The Labute approximate surface area is 175 Å². The van der Waals surface area contributed by atoms with Gasteiger partial charge in [0.05, 0.1) is 18.3 Å². The molecule has 2 amide bonds. The number of anilines is 1. The zero-order valence-corrected chi connectivity index (χ0v) is 17.0. The van der Waals surface area contributed by atoms with Crippen molar-refractivity contribution in [2.24, 2.45) is 7.05 Å². The highest BCUT2D eigenvalue weighted by Crippen LogP contribution is 2.36. The van der Waals surface area contributed by atoms with Crippen molar-refractivity contribution >= 4 is 17.6 Å². The molecule has 3 N–H and O–H groups in total. The normalized spacial score (nSPS) is 17.9. The lowest BCUT2D eigenvalue weighted by Crippen LogP contribution is -2.44. The predicted molar refractivity (Wildman–Crippen MR) is 113 cm³/mol. The van der Waals surface area contributed by atoms with Gasteiger partial charge in [-0.25, -0.2) is 0 Å². The number of aromatic nitrogens is 4. The van der Waals surface area contributed by atoms with Crippen molar-refractivity contribution in [3.63, 3.8) is 0 Å². The van der Waals surface area contributed by atoms with Crippen molar-refractivity contribution < 1.29 is 9.59 Å². The van der Waals surface area contributed by atoms with Crippen molar-refractivity contribution in [2.75, 3.05) is 5.32 Å². The summed E-state index contributed by atoms with van der Waals surface area (Å²) >= 11 is 0. The molecule has 1 aromatic carbocycles. The standard InChI is InChI=1S/C22H26N6O2/c1-28-14-16(13-23-28)7-8-21(29)25-20-12-19(26-27-20)17-10-18(11-17)24-22(30)9-15-5-3-2-4-6-15/h2-6,12-14,17-18H,7-11H2,1H3,(H,24,30)(H2,25,26,27,29)/t17-,18+. The molecule has 1 aliphatic carbocycles. The van der Waals surface area contributed by atoms with E-state index in [1.54, 1.807) is 10.9 Å². The van der Waals surface area contributed by atoms with Crippen LogP contribution in [0.2, 0.25) is 0 Å². The summed E-state index contributed by atoms with van der Waals surface area (Å²) in [6.07, 6.45) is 6.84. The Bertz CT molecular complexity index is 1000. The van der Waals surface area contributed by atoms with Crippen molar-refractivity contribution in [2.45, 2.75) is 44.1 Å². The smallest absolute Gasteiger partial charge is 0.225 e. The van der Waals surface area contributed by atoms with Gasteiger partial charge >= 0.3 is 0 Å². The highest BCUT2D eigenvalue weighted by molar-refractivity contribution is 5.89. The lowest BCUT2D eigenvalue weighted by molar-refractivity contribution is -0.121. The number of H-pyrrole nitrogens is 1. The molecule has 0 radical (unpaired) electrons. The number of carbonyl (C=O) groups is 2. The van der Waals surface area contributed by atoms with Crippen LogP contribution in [0, 0.1) is 0 Å². The molecule has 2 heterocycles. The molecule has 2 aromatic heterocycles. The molecule has 4 rings (SSSR count). The third-order valence-corrected chi connectivity index (χ3v) is 5.40. The first-order chi connectivity index (χ1) is 14.5. The molecule has 0 aliphatic heterocycles. The van der Waals surface area contributed by atoms with Gasteiger partial charge in [-0.05, 0) is 30.4 Å². The minimum absolute atomic E-state index is 0.0493. The van der Waals surface area contributed by atoms with Crippen LogP contribution < -0.4 is 10.6 Å². The Morgan fingerprint density at radius 1 is 1.17 bits per heavy atom. The zero-order chi connectivity index (χ0) is 20.9. The first-order valence-electron chi connectivity index (χ1n) is 10.2. The summed E-state index contributed by atoms with van der Waals surface area (Å²) in [6.45, 7) is 0. The maximum Gasteiger partial charge on any atom is 0.225 e. The minimum Gasteiger partial charge on any atom is -0.353 e. The molecule has 156 valence electrons. The van der Waals surface area contributed by atoms with Crippen LogP contribution in [-0.2, 0) is 29.5 Å². The van der Waals surface area contributed by atoms with E-state index in [1.165, 1.54) is 0 Å². The molecule has 0 atom stereocenters. The van der Waals surface area contributed by atoms with Gasteiger partial charge < -0.3 is 10.6 Å². The number of rotatable bonds is 8. The molecule has 0 spiro atoms. The van der Waals surface area contributed by atoms with Gasteiger partial charge in [-0.15, -0.1) is 0 Å². The second-order valence-corrected chi connectivity index (χ2v) is 7.87. The molecule has 3 aromatic rings. The molecule has 1 fully saturated rings. The fourth-order valence-corrected chi connectivity index (χ4v) is 3.72. The van der Waals surface area contributed by atoms with Crippen LogP contribution in [0.15, 0.2) is 48.8 Å². The van der Waals surface area contributed by atoms with Crippen molar-refractivity contribution in [1.29, 1.82) is 0 Å². The maximum absolute atomic E-state index is 12.2. The van der Waals surface area contributed by atoms with Gasteiger partial charge in [-0.3, -0.25) is 19.4 Å². The Balaban J connectivity index is 1.18. The molecule has 8 nitrogen and oxygen atoms in total. The summed E-state index contributed by atoms with van der Waals surface area (Å²) < 4.78 is 1.73. The van der Waals surface area contributed by atoms with Crippen LogP contribution in [0.1, 0.15) is 42.0 Å². The molecular weight excluding hydrogens is 380 g/mol. The Morgan fingerprint density at radius 3 is 2.70 bits per heavy atom. The largest absolute Gasteiger partial charge is 0.353 e. The second-order valence-electron chi connectivity index (χ2n) is 7.87. The molecular formula is C22H26N6O2. The Morgan fingerprint density at radius 2 is 1.97 bits per heavy atom. The zero-order valence-electron chi connectivity index (χ0n) is 17.0. The van der Waals surface area contributed by atoms with Crippen LogP contribution >= 0.6 is 0 Å². The van der Waals surface area contributed by atoms with E-state index in [0.29, 0.717) is 31.0 Å². The SMILES string of the molecule is Cn1cc(CCC(=O)Nc2cc([C@H]3C[C@@H](NC(=O)Cc4ccccc4)C3)n[nH]2)cn1. The van der Waals surface area contributed by atoms with Crippen molar-refractivity contribution in [1.82, 2.24) is 25.3 Å². The summed E-state index contributed by atoms with van der Waals surface area (Å²) in [5.41, 5.74) is 2.97. The van der Waals surface area contributed by atoms with E-state index in [9.17, 15) is 9.59 Å². The van der Waals surface area contributed by atoms with Crippen molar-refractivity contribution in [3.8, 4) is 0 Å². The minimum atomic E-state index is -0.0614. The predicted octanol–water partition coefficient (Wildman–Crippen LogP) is 2.32. The van der Waals surface area contributed by atoms with Crippen LogP contribution in [-0.4, -0.2) is 37.8 Å². The van der Waals surface area contributed by atoms with Gasteiger partial charge in [0, 0.05) is 37.7 Å². The van der Waals surface area contributed by atoms with E-state index in [4.69, 9.17) is 0 Å². The van der Waals surface area contributed by atoms with E-state index >= 15 is 0 Å². The highest BCUT2D eigenvalue weighted by atomic mass is 16.2. The Hall–Kier alpha value is -3.42. The summed E-state index contributed by atoms with van der Waals surface area (Å²) in [4.78, 5) is 24.3. The summed E-state index contributed by atoms with van der Waals surface area (Å²) in [6, 6.07) is 11.8. The highest BCUT2D eigenvalue weighted by Gasteiger charge is 2.33. The number of carbonyl (C=O) groups excluding carboxylic acids is 2. The van der Waals surface area contributed by atoms with Crippen LogP contribution in [0.25, 0.3) is 0 Å². The number of benzene rings is 1. The van der Waals surface area contributed by atoms with Gasteiger partial charge in [0.1, 0.15) is 5.82 Å². The van der Waals surface area contributed by atoms with E-state index < -0.39 is 0 Å². The molecule has 1 aliphatic rings. The fourth-order valence-electron chi connectivity index (χ4n) is 3.72. The number of nitrogens with one attached hydrogen (secondary N) is 3. The number of hydrogen-bond donors (Lipinski definition) is 3. The van der Waals surface area contributed by atoms with Crippen molar-refractivity contribution in [3.05, 3.63) is 65.6 Å². The van der Waals surface area contributed by atoms with Gasteiger partial charge in [-0.2, -0.15) is 10.2 Å². The lowest BCUT2D eigenvalue weighted by atomic mass is 9.78. The number of aromatic amines is 1. The Kier molecular flexibility index (Phi) is 5.92. The third-order valence-electron chi connectivity index (χ3n) is 5.40. The van der Waals surface area contributed by atoms with Gasteiger partial charge in [0.25, 0.3) is 0 Å². The van der Waals surface area contributed by atoms with E-state index in [1.807, 2.05) is 49.6 Å². The number of hydrogen-bond acceptors (Lipinski definition) is 4. The van der Waals surface area contributed by atoms with E-state index in [-0.39, 0.29) is 17.9 Å². The lowest BCUT2D eigenvalue weighted by Gasteiger charge is -2.34. The molecule has 0 saturated heterocycles. The fraction of sp³-hybridized carbons (Fsp3) is 0.364. The first-order valence-corrected chi connectivity index (χ1v) is 10.2. The van der Waals surface area contributed by atoms with Crippen LogP contribution in [0.4, 0.5) is 5.82 Å². The second kappa shape index (κ2) is 8.94. The number of aryl methyl sites for hydroxylation is 2. The number of nitrogens with zero attached hydrogens (tertiary/aromatic N) is 3.